The third-order valence-corrected chi connectivity index (χ3v) is 1.92. The van der Waals surface area contributed by atoms with Gasteiger partial charge < -0.3 is 9.84 Å². The van der Waals surface area contributed by atoms with Gasteiger partial charge in [0.05, 0.1) is 24.3 Å². The fraction of sp³-hybridized carbons (Fsp3) is 0.364. The molecule has 0 spiro atoms. The highest BCUT2D eigenvalue weighted by molar-refractivity contribution is 5.92. The van der Waals surface area contributed by atoms with Crippen LogP contribution < -0.4 is 0 Å². The zero-order valence-electron chi connectivity index (χ0n) is 9.19. The quantitative estimate of drug-likeness (QED) is 0.776. The molecule has 0 aliphatic rings. The van der Waals surface area contributed by atoms with Crippen molar-refractivity contribution >= 4 is 11.9 Å². The standard InChI is InChI=1S/C11H13NO4/c1-3-16-11(15)8-4-7(2)6-12-9(8)5-10(13)14/h4,6H,3,5H2,1-2H3,(H,13,14). The van der Waals surface area contributed by atoms with Crippen molar-refractivity contribution in [2.75, 3.05) is 6.61 Å². The van der Waals surface area contributed by atoms with Crippen molar-refractivity contribution < 1.29 is 19.4 Å². The number of ether oxygens (including phenoxy) is 1. The molecule has 86 valence electrons. The molecule has 5 nitrogen and oxygen atoms in total. The maximum Gasteiger partial charge on any atom is 0.340 e. The van der Waals surface area contributed by atoms with Crippen molar-refractivity contribution in [1.29, 1.82) is 0 Å². The van der Waals surface area contributed by atoms with E-state index >= 15 is 0 Å². The predicted octanol–water partition coefficient (Wildman–Crippen LogP) is 1.19. The average molecular weight is 223 g/mol. The van der Waals surface area contributed by atoms with Crippen molar-refractivity contribution in [2.24, 2.45) is 0 Å². The Kier molecular flexibility index (Phi) is 3.99. The zero-order chi connectivity index (χ0) is 12.1. The molecule has 0 amide bonds. The van der Waals surface area contributed by atoms with Gasteiger partial charge in [-0.3, -0.25) is 9.78 Å². The first-order chi connectivity index (χ1) is 7.54. The molecule has 16 heavy (non-hydrogen) atoms. The Morgan fingerprint density at radius 1 is 1.50 bits per heavy atom. The van der Waals surface area contributed by atoms with E-state index in [1.165, 1.54) is 6.20 Å². The fourth-order valence-electron chi connectivity index (χ4n) is 1.27. The molecule has 0 radical (unpaired) electrons. The highest BCUT2D eigenvalue weighted by atomic mass is 16.5. The first-order valence-corrected chi connectivity index (χ1v) is 4.89. The number of aryl methyl sites for hydroxylation is 1. The predicted molar refractivity (Wildman–Crippen MR) is 56.3 cm³/mol. The van der Waals surface area contributed by atoms with Crippen molar-refractivity contribution in [2.45, 2.75) is 20.3 Å². The molecule has 0 atom stereocenters. The summed E-state index contributed by atoms with van der Waals surface area (Å²) < 4.78 is 4.83. The molecule has 5 heteroatoms. The van der Waals surface area contributed by atoms with Crippen LogP contribution in [0.4, 0.5) is 0 Å². The number of rotatable bonds is 4. The highest BCUT2D eigenvalue weighted by Gasteiger charge is 2.16. The first-order valence-electron chi connectivity index (χ1n) is 4.89. The van der Waals surface area contributed by atoms with Crippen LogP contribution in [0, 0.1) is 6.92 Å². The molecule has 0 fully saturated rings. The molecule has 0 bridgehead atoms. The van der Waals surface area contributed by atoms with Crippen LogP contribution in [-0.4, -0.2) is 28.6 Å². The van der Waals surface area contributed by atoms with Gasteiger partial charge in [-0.2, -0.15) is 0 Å². The van der Waals surface area contributed by atoms with Gasteiger partial charge in [-0.1, -0.05) is 0 Å². The number of esters is 1. The summed E-state index contributed by atoms with van der Waals surface area (Å²) >= 11 is 0. The van der Waals surface area contributed by atoms with Gasteiger partial charge in [0.2, 0.25) is 0 Å². The van der Waals surface area contributed by atoms with E-state index in [4.69, 9.17) is 9.84 Å². The van der Waals surface area contributed by atoms with Crippen molar-refractivity contribution in [1.82, 2.24) is 4.98 Å². The maximum atomic E-state index is 11.5. The largest absolute Gasteiger partial charge is 0.481 e. The van der Waals surface area contributed by atoms with Crippen LogP contribution in [-0.2, 0) is 16.0 Å². The van der Waals surface area contributed by atoms with Gasteiger partial charge in [0.1, 0.15) is 0 Å². The van der Waals surface area contributed by atoms with E-state index in [2.05, 4.69) is 4.98 Å². The van der Waals surface area contributed by atoms with E-state index in [9.17, 15) is 9.59 Å². The third-order valence-electron chi connectivity index (χ3n) is 1.92. The summed E-state index contributed by atoms with van der Waals surface area (Å²) in [5.74, 6) is -1.56. The third kappa shape index (κ3) is 3.05. The lowest BCUT2D eigenvalue weighted by Gasteiger charge is -2.07. The normalized spacial score (nSPS) is 9.88. The molecule has 1 heterocycles. The molecular formula is C11H13NO4. The summed E-state index contributed by atoms with van der Waals surface area (Å²) in [6.45, 7) is 3.72. The number of aliphatic carboxylic acids is 1. The number of pyridine rings is 1. The summed E-state index contributed by atoms with van der Waals surface area (Å²) in [6.07, 6.45) is 1.25. The van der Waals surface area contributed by atoms with Crippen LogP contribution in [0.15, 0.2) is 12.3 Å². The van der Waals surface area contributed by atoms with Crippen LogP contribution in [0.2, 0.25) is 0 Å². The van der Waals surface area contributed by atoms with Crippen molar-refractivity contribution in [3.05, 3.63) is 29.1 Å². The molecule has 1 rings (SSSR count). The molecule has 0 aromatic carbocycles. The molecule has 1 N–H and O–H groups in total. The van der Waals surface area contributed by atoms with Gasteiger partial charge in [0.15, 0.2) is 0 Å². The van der Waals surface area contributed by atoms with E-state index in [0.29, 0.717) is 0 Å². The Labute approximate surface area is 93.1 Å². The van der Waals surface area contributed by atoms with Crippen LogP contribution >= 0.6 is 0 Å². The average Bonchev–Trinajstić information content (AvgIpc) is 2.20. The van der Waals surface area contributed by atoms with E-state index in [-0.39, 0.29) is 24.3 Å². The minimum Gasteiger partial charge on any atom is -0.481 e. The SMILES string of the molecule is CCOC(=O)c1cc(C)cnc1CC(=O)O. The Balaban J connectivity index is 3.07. The maximum absolute atomic E-state index is 11.5. The van der Waals surface area contributed by atoms with Crippen LogP contribution in [0.1, 0.15) is 28.5 Å². The highest BCUT2D eigenvalue weighted by Crippen LogP contribution is 2.11. The lowest BCUT2D eigenvalue weighted by Crippen LogP contribution is -2.13. The first kappa shape index (κ1) is 12.2. The second-order valence-electron chi connectivity index (χ2n) is 3.30. The number of carboxylic acid groups (broad SMARTS) is 1. The molecule has 0 saturated heterocycles. The van der Waals surface area contributed by atoms with E-state index in [1.54, 1.807) is 19.9 Å². The minimum atomic E-state index is -1.03. The van der Waals surface area contributed by atoms with E-state index in [0.717, 1.165) is 5.56 Å². The number of carbonyl (C=O) groups excluding carboxylic acids is 1. The number of nitrogens with zero attached hydrogens (tertiary/aromatic N) is 1. The van der Waals surface area contributed by atoms with Gasteiger partial charge in [-0.15, -0.1) is 0 Å². The van der Waals surface area contributed by atoms with Gasteiger partial charge in [-0.05, 0) is 25.5 Å². The number of hydrogen-bond donors (Lipinski definition) is 1. The summed E-state index contributed by atoms with van der Waals surface area (Å²) in [5, 5.41) is 8.68. The summed E-state index contributed by atoms with van der Waals surface area (Å²) in [4.78, 5) is 26.1. The monoisotopic (exact) mass is 223 g/mol. The number of carbonyl (C=O) groups is 2. The van der Waals surface area contributed by atoms with Gasteiger partial charge >= 0.3 is 11.9 Å². The number of hydrogen-bond acceptors (Lipinski definition) is 4. The fourth-order valence-corrected chi connectivity index (χ4v) is 1.27. The summed E-state index contributed by atoms with van der Waals surface area (Å²) in [6, 6.07) is 1.59. The second-order valence-corrected chi connectivity index (χ2v) is 3.30. The molecule has 0 unspecified atom stereocenters. The summed E-state index contributed by atoms with van der Waals surface area (Å²) in [7, 11) is 0. The molecule has 0 aliphatic heterocycles. The molecule has 0 aliphatic carbocycles. The van der Waals surface area contributed by atoms with E-state index in [1.807, 2.05) is 0 Å². The Morgan fingerprint density at radius 3 is 2.75 bits per heavy atom. The molecule has 1 aromatic heterocycles. The Morgan fingerprint density at radius 2 is 2.19 bits per heavy atom. The van der Waals surface area contributed by atoms with Crippen molar-refractivity contribution in [3.63, 3.8) is 0 Å². The zero-order valence-corrected chi connectivity index (χ0v) is 9.19. The van der Waals surface area contributed by atoms with Gasteiger partial charge in [0, 0.05) is 6.20 Å². The van der Waals surface area contributed by atoms with Gasteiger partial charge in [-0.25, -0.2) is 4.79 Å². The van der Waals surface area contributed by atoms with Crippen LogP contribution in [0.5, 0.6) is 0 Å². The molecule has 1 aromatic rings. The lowest BCUT2D eigenvalue weighted by molar-refractivity contribution is -0.136. The van der Waals surface area contributed by atoms with E-state index < -0.39 is 11.9 Å². The molecular weight excluding hydrogens is 210 g/mol. The Hall–Kier alpha value is -1.91. The van der Waals surface area contributed by atoms with Crippen LogP contribution in [0.3, 0.4) is 0 Å². The topological polar surface area (TPSA) is 76.5 Å². The number of aromatic nitrogens is 1. The molecule has 0 saturated carbocycles. The lowest BCUT2D eigenvalue weighted by atomic mass is 10.1. The smallest absolute Gasteiger partial charge is 0.340 e. The number of carboxylic acids is 1. The van der Waals surface area contributed by atoms with Crippen LogP contribution in [0.25, 0.3) is 0 Å². The second kappa shape index (κ2) is 5.25. The summed E-state index contributed by atoms with van der Waals surface area (Å²) in [5.41, 5.74) is 1.25. The van der Waals surface area contributed by atoms with Crippen molar-refractivity contribution in [3.8, 4) is 0 Å². The Bertz CT molecular complexity index is 414. The van der Waals surface area contributed by atoms with Gasteiger partial charge in [0.25, 0.3) is 0 Å². The minimum absolute atomic E-state index is 0.226.